The van der Waals surface area contributed by atoms with Crippen molar-refractivity contribution in [2.75, 3.05) is 0 Å². The molecule has 2 nitrogen and oxygen atoms in total. The Morgan fingerprint density at radius 3 is 2.85 bits per heavy atom. The lowest BCUT2D eigenvalue weighted by atomic mass is 9.93. The topological polar surface area (TPSA) is 32.9 Å². The largest absolute Gasteiger partial charge is 0.317 e. The van der Waals surface area contributed by atoms with Gasteiger partial charge in [0.2, 0.25) is 5.56 Å². The second-order valence-electron chi connectivity index (χ2n) is 5.05. The summed E-state index contributed by atoms with van der Waals surface area (Å²) in [6.07, 6.45) is 4.49. The summed E-state index contributed by atoms with van der Waals surface area (Å²) >= 11 is 7.86. The number of aromatic amines is 1. The van der Waals surface area contributed by atoms with Gasteiger partial charge in [0, 0.05) is 16.8 Å². The van der Waals surface area contributed by atoms with Gasteiger partial charge in [0.05, 0.1) is 5.03 Å². The van der Waals surface area contributed by atoms with Gasteiger partial charge >= 0.3 is 0 Å². The molecule has 1 aromatic carbocycles. The molecule has 2 aromatic rings. The molecule has 0 saturated carbocycles. The predicted octanol–water partition coefficient (Wildman–Crippen LogP) is 4.20. The average Bonchev–Trinajstić information content (AvgIpc) is 2.46. The maximum atomic E-state index is 11.7. The fourth-order valence-corrected chi connectivity index (χ4v) is 4.03. The van der Waals surface area contributed by atoms with Crippen LogP contribution in [0.25, 0.3) is 0 Å². The zero-order valence-corrected chi connectivity index (χ0v) is 12.7. The van der Waals surface area contributed by atoms with Crippen LogP contribution in [0.5, 0.6) is 0 Å². The summed E-state index contributed by atoms with van der Waals surface area (Å²) in [4.78, 5) is 14.7. The van der Waals surface area contributed by atoms with Gasteiger partial charge in [-0.15, -0.1) is 11.8 Å². The van der Waals surface area contributed by atoms with E-state index in [1.165, 1.54) is 24.0 Å². The number of thioether (sulfide) groups is 1. The van der Waals surface area contributed by atoms with Crippen LogP contribution in [-0.4, -0.2) is 4.98 Å². The second kappa shape index (κ2) is 6.06. The highest BCUT2D eigenvalue weighted by atomic mass is 35.5. The van der Waals surface area contributed by atoms with E-state index in [4.69, 9.17) is 11.6 Å². The maximum absolute atomic E-state index is 11.7. The van der Waals surface area contributed by atoms with E-state index in [1.54, 1.807) is 17.8 Å². The molecule has 0 saturated heterocycles. The number of H-pyrrole nitrogens is 1. The molecule has 0 bridgehead atoms. The summed E-state index contributed by atoms with van der Waals surface area (Å²) in [6.45, 7) is 0. The Balaban J connectivity index is 1.86. The minimum Gasteiger partial charge on any atom is -0.317 e. The molecule has 3 rings (SSSR count). The number of nitrogens with one attached hydrogen (secondary N) is 1. The van der Waals surface area contributed by atoms with Gasteiger partial charge in [-0.1, -0.05) is 29.8 Å². The fourth-order valence-electron chi connectivity index (χ4n) is 2.62. The van der Waals surface area contributed by atoms with E-state index < -0.39 is 0 Å². The summed E-state index contributed by atoms with van der Waals surface area (Å²) < 4.78 is 0. The molecular formula is C16H16ClNOS. The van der Waals surface area contributed by atoms with Crippen LogP contribution in [0.1, 0.15) is 29.5 Å². The molecule has 0 unspecified atom stereocenters. The quantitative estimate of drug-likeness (QED) is 0.862. The van der Waals surface area contributed by atoms with Gasteiger partial charge in [0.25, 0.3) is 0 Å². The van der Waals surface area contributed by atoms with Crippen LogP contribution in [0.3, 0.4) is 0 Å². The molecule has 0 radical (unpaired) electrons. The molecule has 4 heteroatoms. The Morgan fingerprint density at radius 1 is 1.20 bits per heavy atom. The summed E-state index contributed by atoms with van der Waals surface area (Å²) in [7, 11) is 0. The maximum Gasteiger partial charge on any atom is 0.249 e. The van der Waals surface area contributed by atoms with Crippen LogP contribution in [0.4, 0.5) is 0 Å². The number of benzene rings is 1. The highest BCUT2D eigenvalue weighted by molar-refractivity contribution is 7.98. The highest BCUT2D eigenvalue weighted by Crippen LogP contribution is 2.31. The Labute approximate surface area is 127 Å². The first-order valence-electron chi connectivity index (χ1n) is 6.85. The lowest BCUT2D eigenvalue weighted by Gasteiger charge is -2.18. The van der Waals surface area contributed by atoms with Gasteiger partial charge in [-0.3, -0.25) is 4.79 Å². The Morgan fingerprint density at radius 2 is 2.00 bits per heavy atom. The van der Waals surface area contributed by atoms with E-state index in [-0.39, 0.29) is 5.56 Å². The summed E-state index contributed by atoms with van der Waals surface area (Å²) in [5, 5.41) is 1.80. The van der Waals surface area contributed by atoms with E-state index in [0.29, 0.717) is 0 Å². The molecular weight excluding hydrogens is 290 g/mol. The number of rotatable bonds is 3. The zero-order chi connectivity index (χ0) is 13.9. The van der Waals surface area contributed by atoms with Crippen molar-refractivity contribution in [2.24, 2.45) is 0 Å². The number of aromatic nitrogens is 1. The third kappa shape index (κ3) is 2.94. The molecule has 0 amide bonds. The van der Waals surface area contributed by atoms with Crippen molar-refractivity contribution in [3.05, 3.63) is 62.4 Å². The van der Waals surface area contributed by atoms with E-state index in [2.05, 4.69) is 4.98 Å². The molecule has 0 aliphatic heterocycles. The van der Waals surface area contributed by atoms with Crippen LogP contribution < -0.4 is 5.56 Å². The average molecular weight is 306 g/mol. The summed E-state index contributed by atoms with van der Waals surface area (Å²) in [6, 6.07) is 9.62. The molecule has 0 atom stereocenters. The van der Waals surface area contributed by atoms with Crippen molar-refractivity contribution < 1.29 is 0 Å². The summed E-state index contributed by atoms with van der Waals surface area (Å²) in [5.74, 6) is 0.784. The minimum absolute atomic E-state index is 0.00677. The van der Waals surface area contributed by atoms with Crippen LogP contribution in [0.15, 0.2) is 40.2 Å². The molecule has 1 aliphatic rings. The van der Waals surface area contributed by atoms with Crippen molar-refractivity contribution >= 4 is 23.4 Å². The zero-order valence-electron chi connectivity index (χ0n) is 11.1. The van der Waals surface area contributed by atoms with Gasteiger partial charge in [0.1, 0.15) is 0 Å². The minimum atomic E-state index is 0.00677. The van der Waals surface area contributed by atoms with E-state index >= 15 is 0 Å². The van der Waals surface area contributed by atoms with Crippen molar-refractivity contribution in [1.82, 2.24) is 4.98 Å². The number of aryl methyl sites for hydroxylation is 1. The van der Waals surface area contributed by atoms with Gasteiger partial charge < -0.3 is 4.98 Å². The number of hydrogen-bond acceptors (Lipinski definition) is 2. The fraction of sp³-hybridized carbons (Fsp3) is 0.312. The summed E-state index contributed by atoms with van der Waals surface area (Å²) in [5.41, 5.74) is 3.66. The molecule has 1 aromatic heterocycles. The molecule has 104 valence electrons. The molecule has 0 spiro atoms. The molecule has 1 N–H and O–H groups in total. The number of pyridine rings is 1. The monoisotopic (exact) mass is 305 g/mol. The first-order valence-corrected chi connectivity index (χ1v) is 8.21. The Kier molecular flexibility index (Phi) is 4.18. The predicted molar refractivity (Wildman–Crippen MR) is 84.7 cm³/mol. The third-order valence-electron chi connectivity index (χ3n) is 3.66. The lowest BCUT2D eigenvalue weighted by Crippen LogP contribution is -2.14. The first kappa shape index (κ1) is 13.8. The third-order valence-corrected chi connectivity index (χ3v) is 5.12. The standard InChI is InChI=1S/C16H16ClNOS/c17-14-8-4-2-6-12(14)10-20-16-13-7-3-1-5-11(13)9-15(19)18-16/h2,4,6,8-9H,1,3,5,7,10H2,(H,18,19). The van der Waals surface area contributed by atoms with Gasteiger partial charge in [-0.05, 0) is 48.4 Å². The normalized spacial score (nSPS) is 14.1. The Bertz CT molecular complexity index is 680. The lowest BCUT2D eigenvalue weighted by molar-refractivity contribution is 0.665. The van der Waals surface area contributed by atoms with Crippen LogP contribution in [-0.2, 0) is 18.6 Å². The molecule has 0 fully saturated rings. The highest BCUT2D eigenvalue weighted by Gasteiger charge is 2.15. The number of halogens is 1. The van der Waals surface area contributed by atoms with Gasteiger partial charge in [0.15, 0.2) is 0 Å². The Hall–Kier alpha value is -1.19. The second-order valence-corrected chi connectivity index (χ2v) is 6.45. The van der Waals surface area contributed by atoms with Crippen LogP contribution in [0.2, 0.25) is 5.02 Å². The van der Waals surface area contributed by atoms with Gasteiger partial charge in [-0.25, -0.2) is 0 Å². The molecule has 1 heterocycles. The van der Waals surface area contributed by atoms with Gasteiger partial charge in [-0.2, -0.15) is 0 Å². The van der Waals surface area contributed by atoms with Crippen molar-refractivity contribution in [3.8, 4) is 0 Å². The number of fused-ring (bicyclic) bond motifs is 1. The first-order chi connectivity index (χ1) is 9.74. The SMILES string of the molecule is O=c1cc2c(c(SCc3ccccc3Cl)[nH]1)CCCC2. The van der Waals surface area contributed by atoms with Crippen LogP contribution in [0, 0.1) is 0 Å². The molecule has 1 aliphatic carbocycles. The van der Waals surface area contributed by atoms with E-state index in [1.807, 2.05) is 24.3 Å². The van der Waals surface area contributed by atoms with Crippen LogP contribution >= 0.6 is 23.4 Å². The molecule has 20 heavy (non-hydrogen) atoms. The van der Waals surface area contributed by atoms with Crippen molar-refractivity contribution in [1.29, 1.82) is 0 Å². The van der Waals surface area contributed by atoms with Crippen molar-refractivity contribution in [3.63, 3.8) is 0 Å². The van der Waals surface area contributed by atoms with E-state index in [9.17, 15) is 4.79 Å². The van der Waals surface area contributed by atoms with Crippen molar-refractivity contribution in [2.45, 2.75) is 36.5 Å². The smallest absolute Gasteiger partial charge is 0.249 e. The number of hydrogen-bond donors (Lipinski definition) is 1. The van der Waals surface area contributed by atoms with E-state index in [0.717, 1.165) is 34.2 Å².